The SMILES string of the molecule is CCOc1ccc(CCNC(=O)CCNC(=O)Nc2ccc(Br)cc2)cc1OCC. The van der Waals surface area contributed by atoms with E-state index in [1.54, 1.807) is 12.1 Å². The van der Waals surface area contributed by atoms with Gasteiger partial charge < -0.3 is 25.4 Å². The van der Waals surface area contributed by atoms with E-state index in [9.17, 15) is 9.59 Å². The molecule has 162 valence electrons. The van der Waals surface area contributed by atoms with Crippen LogP contribution in [0, 0.1) is 0 Å². The van der Waals surface area contributed by atoms with E-state index in [2.05, 4.69) is 31.9 Å². The van der Waals surface area contributed by atoms with E-state index in [4.69, 9.17) is 9.47 Å². The Labute approximate surface area is 185 Å². The number of carbonyl (C=O) groups excluding carboxylic acids is 2. The number of hydrogen-bond acceptors (Lipinski definition) is 4. The summed E-state index contributed by atoms with van der Waals surface area (Å²) in [5, 5.41) is 8.25. The molecule has 0 saturated heterocycles. The van der Waals surface area contributed by atoms with Gasteiger partial charge in [0.15, 0.2) is 11.5 Å². The Hall–Kier alpha value is -2.74. The molecule has 7 nitrogen and oxygen atoms in total. The Morgan fingerprint density at radius 2 is 1.60 bits per heavy atom. The third kappa shape index (κ3) is 8.32. The molecular weight excluding hydrogens is 450 g/mol. The summed E-state index contributed by atoms with van der Waals surface area (Å²) in [6, 6.07) is 12.7. The molecule has 0 radical (unpaired) electrons. The van der Waals surface area contributed by atoms with Gasteiger partial charge in [-0.15, -0.1) is 0 Å². The minimum Gasteiger partial charge on any atom is -0.490 e. The number of rotatable bonds is 11. The van der Waals surface area contributed by atoms with Crippen molar-refractivity contribution in [3.05, 3.63) is 52.5 Å². The Morgan fingerprint density at radius 1 is 0.900 bits per heavy atom. The standard InChI is InChI=1S/C22H28BrN3O4/c1-3-29-19-10-5-16(15-20(19)30-4-2)11-13-24-21(27)12-14-25-22(28)26-18-8-6-17(23)7-9-18/h5-10,15H,3-4,11-14H2,1-2H3,(H,24,27)(H2,25,26,28). The van der Waals surface area contributed by atoms with Crippen molar-refractivity contribution >= 4 is 33.6 Å². The number of amides is 3. The number of carbonyl (C=O) groups is 2. The van der Waals surface area contributed by atoms with Gasteiger partial charge >= 0.3 is 6.03 Å². The topological polar surface area (TPSA) is 88.7 Å². The highest BCUT2D eigenvalue weighted by atomic mass is 79.9. The predicted molar refractivity (Wildman–Crippen MR) is 121 cm³/mol. The maximum absolute atomic E-state index is 12.0. The zero-order valence-corrected chi connectivity index (χ0v) is 18.9. The van der Waals surface area contributed by atoms with Gasteiger partial charge in [0.2, 0.25) is 5.91 Å². The van der Waals surface area contributed by atoms with Gasteiger partial charge in [0, 0.05) is 29.7 Å². The van der Waals surface area contributed by atoms with Crippen molar-refractivity contribution in [2.75, 3.05) is 31.6 Å². The summed E-state index contributed by atoms with van der Waals surface area (Å²) < 4.78 is 12.1. The van der Waals surface area contributed by atoms with Gasteiger partial charge in [0.1, 0.15) is 0 Å². The van der Waals surface area contributed by atoms with E-state index in [-0.39, 0.29) is 24.9 Å². The second-order valence-electron chi connectivity index (χ2n) is 6.38. The van der Waals surface area contributed by atoms with Gasteiger partial charge in [-0.05, 0) is 62.2 Å². The molecule has 3 amide bonds. The van der Waals surface area contributed by atoms with E-state index in [1.165, 1.54) is 0 Å². The molecular formula is C22H28BrN3O4. The summed E-state index contributed by atoms with van der Waals surface area (Å²) in [5.41, 5.74) is 1.73. The normalized spacial score (nSPS) is 10.2. The second-order valence-corrected chi connectivity index (χ2v) is 7.30. The fourth-order valence-corrected chi connectivity index (χ4v) is 2.95. The molecule has 0 heterocycles. The lowest BCUT2D eigenvalue weighted by Gasteiger charge is -2.13. The van der Waals surface area contributed by atoms with Crippen LogP contribution in [0.1, 0.15) is 25.8 Å². The molecule has 8 heteroatoms. The predicted octanol–water partition coefficient (Wildman–Crippen LogP) is 4.12. The number of benzene rings is 2. The Morgan fingerprint density at radius 3 is 2.30 bits per heavy atom. The van der Waals surface area contributed by atoms with Crippen molar-refractivity contribution in [1.82, 2.24) is 10.6 Å². The van der Waals surface area contributed by atoms with Gasteiger partial charge in [-0.25, -0.2) is 4.79 Å². The molecule has 2 aromatic rings. The summed E-state index contributed by atoms with van der Waals surface area (Å²) >= 11 is 3.34. The van der Waals surface area contributed by atoms with Crippen LogP contribution >= 0.6 is 15.9 Å². The van der Waals surface area contributed by atoms with Crippen molar-refractivity contribution in [1.29, 1.82) is 0 Å². The van der Waals surface area contributed by atoms with Gasteiger partial charge in [0.25, 0.3) is 0 Å². The Balaban J connectivity index is 1.67. The molecule has 30 heavy (non-hydrogen) atoms. The molecule has 0 aliphatic rings. The second kappa shape index (κ2) is 12.7. The van der Waals surface area contributed by atoms with Crippen molar-refractivity contribution < 1.29 is 19.1 Å². The Kier molecular flexibility index (Phi) is 10.00. The zero-order valence-electron chi connectivity index (χ0n) is 17.3. The molecule has 0 atom stereocenters. The molecule has 0 saturated carbocycles. The molecule has 3 N–H and O–H groups in total. The first-order chi connectivity index (χ1) is 14.5. The molecule has 0 aromatic heterocycles. The maximum atomic E-state index is 12.0. The zero-order chi connectivity index (χ0) is 21.8. The highest BCUT2D eigenvalue weighted by Gasteiger charge is 2.08. The average molecular weight is 478 g/mol. The molecule has 0 unspecified atom stereocenters. The van der Waals surface area contributed by atoms with Crippen molar-refractivity contribution in [2.45, 2.75) is 26.7 Å². The van der Waals surface area contributed by atoms with E-state index < -0.39 is 0 Å². The maximum Gasteiger partial charge on any atom is 0.319 e. The van der Waals surface area contributed by atoms with E-state index in [1.807, 2.05) is 44.2 Å². The van der Waals surface area contributed by atoms with Gasteiger partial charge in [0.05, 0.1) is 13.2 Å². The fraction of sp³-hybridized carbons (Fsp3) is 0.364. The summed E-state index contributed by atoms with van der Waals surface area (Å²) in [6.07, 6.45) is 0.886. The summed E-state index contributed by atoms with van der Waals surface area (Å²) in [4.78, 5) is 23.8. The molecule has 2 aromatic carbocycles. The smallest absolute Gasteiger partial charge is 0.319 e. The van der Waals surface area contributed by atoms with Crippen LogP contribution < -0.4 is 25.4 Å². The van der Waals surface area contributed by atoms with Crippen LogP contribution in [0.4, 0.5) is 10.5 Å². The number of hydrogen-bond donors (Lipinski definition) is 3. The van der Waals surface area contributed by atoms with Gasteiger partial charge in [-0.3, -0.25) is 4.79 Å². The molecule has 0 bridgehead atoms. The molecule has 2 rings (SSSR count). The van der Waals surface area contributed by atoms with Crippen LogP contribution in [0.15, 0.2) is 46.9 Å². The average Bonchev–Trinajstić information content (AvgIpc) is 2.72. The summed E-state index contributed by atoms with van der Waals surface area (Å²) in [7, 11) is 0. The molecule has 0 aliphatic heterocycles. The third-order valence-electron chi connectivity index (χ3n) is 4.08. The van der Waals surface area contributed by atoms with Crippen LogP contribution in [0.2, 0.25) is 0 Å². The Bertz CT molecular complexity index is 828. The van der Waals surface area contributed by atoms with Crippen LogP contribution in [-0.2, 0) is 11.2 Å². The lowest BCUT2D eigenvalue weighted by Crippen LogP contribution is -2.33. The first kappa shape index (κ1) is 23.5. The lowest BCUT2D eigenvalue weighted by molar-refractivity contribution is -0.120. The van der Waals surface area contributed by atoms with E-state index >= 15 is 0 Å². The number of nitrogens with one attached hydrogen (secondary N) is 3. The summed E-state index contributed by atoms with van der Waals surface area (Å²) in [5.74, 6) is 1.32. The van der Waals surface area contributed by atoms with Crippen LogP contribution in [-0.4, -0.2) is 38.2 Å². The largest absolute Gasteiger partial charge is 0.490 e. The van der Waals surface area contributed by atoms with Crippen molar-refractivity contribution in [3.8, 4) is 11.5 Å². The van der Waals surface area contributed by atoms with Crippen LogP contribution in [0.3, 0.4) is 0 Å². The number of halogens is 1. The van der Waals surface area contributed by atoms with E-state index in [0.29, 0.717) is 37.6 Å². The quantitative estimate of drug-likeness (QED) is 0.454. The highest BCUT2D eigenvalue weighted by Crippen LogP contribution is 2.28. The molecule has 0 spiro atoms. The van der Waals surface area contributed by atoms with Crippen LogP contribution in [0.25, 0.3) is 0 Å². The fourth-order valence-electron chi connectivity index (χ4n) is 2.68. The number of ether oxygens (including phenoxy) is 2. The lowest BCUT2D eigenvalue weighted by atomic mass is 10.1. The monoisotopic (exact) mass is 477 g/mol. The van der Waals surface area contributed by atoms with Gasteiger partial charge in [-0.2, -0.15) is 0 Å². The molecule has 0 aliphatic carbocycles. The number of anilines is 1. The minimum absolute atomic E-state index is 0.116. The van der Waals surface area contributed by atoms with Crippen LogP contribution in [0.5, 0.6) is 11.5 Å². The number of urea groups is 1. The van der Waals surface area contributed by atoms with E-state index in [0.717, 1.165) is 15.8 Å². The summed E-state index contributed by atoms with van der Waals surface area (Å²) in [6.45, 7) is 5.75. The van der Waals surface area contributed by atoms with Crippen molar-refractivity contribution in [3.63, 3.8) is 0 Å². The third-order valence-corrected chi connectivity index (χ3v) is 4.61. The molecule has 0 fully saturated rings. The highest BCUT2D eigenvalue weighted by molar-refractivity contribution is 9.10. The first-order valence-corrected chi connectivity index (χ1v) is 10.8. The van der Waals surface area contributed by atoms with Crippen molar-refractivity contribution in [2.24, 2.45) is 0 Å². The first-order valence-electron chi connectivity index (χ1n) is 9.97. The minimum atomic E-state index is -0.344. The van der Waals surface area contributed by atoms with Gasteiger partial charge in [-0.1, -0.05) is 22.0 Å².